The fourth-order valence-electron chi connectivity index (χ4n) is 2.50. The Morgan fingerprint density at radius 2 is 1.60 bits per heavy atom. The number of nitrogens with one attached hydrogen (secondary N) is 3. The lowest BCUT2D eigenvalue weighted by molar-refractivity contribution is 0.101. The van der Waals surface area contributed by atoms with Gasteiger partial charge in [-0.25, -0.2) is 4.68 Å². The summed E-state index contributed by atoms with van der Waals surface area (Å²) in [6.45, 7) is 1.59. The number of aromatic nitrogens is 1. The van der Waals surface area contributed by atoms with Crippen molar-refractivity contribution in [3.8, 4) is 11.1 Å². The molecule has 3 N–H and O–H groups in total. The zero-order valence-corrected chi connectivity index (χ0v) is 12.2. The average molecular weight is 272 g/mol. The molecule has 2 rings (SSSR count). The van der Waals surface area contributed by atoms with Gasteiger partial charge in [0, 0.05) is 26.7 Å². The summed E-state index contributed by atoms with van der Waals surface area (Å²) in [4.78, 5) is 12.1. The first-order chi connectivity index (χ1) is 9.65. The van der Waals surface area contributed by atoms with Gasteiger partial charge in [0.2, 0.25) is 0 Å². The largest absolute Gasteiger partial charge is 0.373 e. The first-order valence-electron chi connectivity index (χ1n) is 6.54. The molecule has 1 heterocycles. The summed E-state index contributed by atoms with van der Waals surface area (Å²) in [6.07, 6.45) is 0. The van der Waals surface area contributed by atoms with Crippen LogP contribution in [0, 0.1) is 0 Å². The molecule has 2 aromatic rings. The van der Waals surface area contributed by atoms with Crippen molar-refractivity contribution in [1.82, 2.24) is 4.68 Å². The molecule has 0 unspecified atom stereocenters. The molecular formula is C15H20N4O. The van der Waals surface area contributed by atoms with Crippen molar-refractivity contribution in [2.45, 2.75) is 6.92 Å². The van der Waals surface area contributed by atoms with Gasteiger partial charge in [-0.3, -0.25) is 4.79 Å². The van der Waals surface area contributed by atoms with E-state index in [4.69, 9.17) is 0 Å². The van der Waals surface area contributed by atoms with Crippen LogP contribution in [0.5, 0.6) is 0 Å². The van der Waals surface area contributed by atoms with E-state index in [1.54, 1.807) is 6.92 Å². The van der Waals surface area contributed by atoms with Gasteiger partial charge in [0.15, 0.2) is 5.78 Å². The monoisotopic (exact) mass is 272 g/mol. The molecule has 0 spiro atoms. The molecule has 0 bridgehead atoms. The highest BCUT2D eigenvalue weighted by Crippen LogP contribution is 2.38. The zero-order chi connectivity index (χ0) is 14.7. The lowest BCUT2D eigenvalue weighted by Gasteiger charge is -2.12. The molecule has 1 aromatic heterocycles. The van der Waals surface area contributed by atoms with E-state index in [2.05, 4.69) is 16.1 Å². The Labute approximate surface area is 119 Å². The Hall–Kier alpha value is -2.43. The average Bonchev–Trinajstić information content (AvgIpc) is 2.81. The molecule has 0 fully saturated rings. The van der Waals surface area contributed by atoms with Crippen LogP contribution in [-0.2, 0) is 0 Å². The van der Waals surface area contributed by atoms with Gasteiger partial charge in [0.05, 0.1) is 5.56 Å². The zero-order valence-electron chi connectivity index (χ0n) is 12.2. The number of rotatable bonds is 5. The highest BCUT2D eigenvalue weighted by molar-refractivity contribution is 6.09. The summed E-state index contributed by atoms with van der Waals surface area (Å²) in [5.74, 6) is 1.63. The molecular weight excluding hydrogens is 252 g/mol. The highest BCUT2D eigenvalue weighted by Gasteiger charge is 2.25. The van der Waals surface area contributed by atoms with E-state index in [0.717, 1.165) is 22.8 Å². The maximum Gasteiger partial charge on any atom is 0.164 e. The van der Waals surface area contributed by atoms with E-state index in [1.807, 2.05) is 56.2 Å². The minimum absolute atomic E-state index is 0.0266. The topological polar surface area (TPSA) is 58.1 Å². The van der Waals surface area contributed by atoms with Crippen LogP contribution in [0.3, 0.4) is 0 Å². The quantitative estimate of drug-likeness (QED) is 0.732. The first kappa shape index (κ1) is 14.0. The van der Waals surface area contributed by atoms with Crippen LogP contribution in [-0.4, -0.2) is 31.6 Å². The lowest BCUT2D eigenvalue weighted by atomic mass is 10.0. The Kier molecular flexibility index (Phi) is 3.98. The summed E-state index contributed by atoms with van der Waals surface area (Å²) >= 11 is 0. The molecule has 20 heavy (non-hydrogen) atoms. The number of benzene rings is 1. The molecule has 1 aromatic carbocycles. The molecule has 5 nitrogen and oxygen atoms in total. The SMILES string of the molecule is CNc1c(C(C)=O)c(-c2ccccc2)c(NC)n1NC. The fourth-order valence-corrected chi connectivity index (χ4v) is 2.50. The van der Waals surface area contributed by atoms with Crippen molar-refractivity contribution in [2.24, 2.45) is 0 Å². The number of Topliss-reactive ketones (excluding diaryl/α,β-unsaturated/α-hetero) is 1. The number of carbonyl (C=O) groups excluding carboxylic acids is 1. The molecule has 0 radical (unpaired) electrons. The predicted molar refractivity (Wildman–Crippen MR) is 84.3 cm³/mol. The summed E-state index contributed by atoms with van der Waals surface area (Å²) in [6, 6.07) is 9.90. The normalized spacial score (nSPS) is 10.2. The van der Waals surface area contributed by atoms with Gasteiger partial charge in [-0.05, 0) is 12.5 Å². The lowest BCUT2D eigenvalue weighted by Crippen LogP contribution is -2.15. The maximum absolute atomic E-state index is 12.1. The van der Waals surface area contributed by atoms with Gasteiger partial charge in [-0.15, -0.1) is 0 Å². The standard InChI is InChI=1S/C15H20N4O/c1-10(20)12-13(11-8-6-5-7-9-11)15(17-3)19(18-4)14(12)16-2/h5-9,16-18H,1-4H3. The van der Waals surface area contributed by atoms with Gasteiger partial charge in [0.1, 0.15) is 11.6 Å². The number of hydrogen-bond acceptors (Lipinski definition) is 4. The van der Waals surface area contributed by atoms with E-state index in [0.29, 0.717) is 5.56 Å². The van der Waals surface area contributed by atoms with Gasteiger partial charge in [-0.2, -0.15) is 0 Å². The molecule has 0 amide bonds. The molecule has 0 aliphatic rings. The maximum atomic E-state index is 12.1. The first-order valence-corrected chi connectivity index (χ1v) is 6.54. The summed E-state index contributed by atoms with van der Waals surface area (Å²) in [5.41, 5.74) is 5.68. The van der Waals surface area contributed by atoms with Crippen LogP contribution in [0.1, 0.15) is 17.3 Å². The third kappa shape index (κ3) is 2.11. The number of ketones is 1. The van der Waals surface area contributed by atoms with Gasteiger partial charge >= 0.3 is 0 Å². The smallest absolute Gasteiger partial charge is 0.164 e. The Morgan fingerprint density at radius 3 is 2.05 bits per heavy atom. The van der Waals surface area contributed by atoms with Crippen LogP contribution in [0.25, 0.3) is 11.1 Å². The van der Waals surface area contributed by atoms with Crippen molar-refractivity contribution in [1.29, 1.82) is 0 Å². The van der Waals surface area contributed by atoms with Crippen molar-refractivity contribution in [2.75, 3.05) is 37.2 Å². The van der Waals surface area contributed by atoms with Crippen LogP contribution < -0.4 is 16.1 Å². The van der Waals surface area contributed by atoms with Crippen molar-refractivity contribution in [3.05, 3.63) is 35.9 Å². The van der Waals surface area contributed by atoms with Crippen molar-refractivity contribution < 1.29 is 4.79 Å². The number of carbonyl (C=O) groups is 1. The minimum Gasteiger partial charge on any atom is -0.373 e. The van der Waals surface area contributed by atoms with Crippen LogP contribution in [0.4, 0.5) is 11.6 Å². The number of hydrogen-bond donors (Lipinski definition) is 3. The second kappa shape index (κ2) is 5.69. The Bertz CT molecular complexity index is 617. The van der Waals surface area contributed by atoms with E-state index >= 15 is 0 Å². The van der Waals surface area contributed by atoms with Gasteiger partial charge < -0.3 is 16.1 Å². The third-order valence-electron chi connectivity index (χ3n) is 3.28. The van der Waals surface area contributed by atoms with Crippen LogP contribution in [0.15, 0.2) is 30.3 Å². The van der Waals surface area contributed by atoms with E-state index in [1.165, 1.54) is 0 Å². The third-order valence-corrected chi connectivity index (χ3v) is 3.28. The van der Waals surface area contributed by atoms with Gasteiger partial charge in [-0.1, -0.05) is 30.3 Å². The van der Waals surface area contributed by atoms with E-state index < -0.39 is 0 Å². The van der Waals surface area contributed by atoms with Gasteiger partial charge in [0.25, 0.3) is 0 Å². The molecule has 5 heteroatoms. The summed E-state index contributed by atoms with van der Waals surface area (Å²) < 4.78 is 1.85. The number of anilines is 2. The van der Waals surface area contributed by atoms with Crippen LogP contribution >= 0.6 is 0 Å². The molecule has 106 valence electrons. The second-order valence-electron chi connectivity index (χ2n) is 4.43. The molecule has 0 saturated heterocycles. The van der Waals surface area contributed by atoms with Crippen LogP contribution in [0.2, 0.25) is 0 Å². The minimum atomic E-state index is 0.0266. The van der Waals surface area contributed by atoms with Crippen molar-refractivity contribution in [3.63, 3.8) is 0 Å². The van der Waals surface area contributed by atoms with E-state index in [-0.39, 0.29) is 5.78 Å². The fraction of sp³-hybridized carbons (Fsp3) is 0.267. The number of nitrogens with zero attached hydrogens (tertiary/aromatic N) is 1. The summed E-state index contributed by atoms with van der Waals surface area (Å²) in [5, 5.41) is 6.27. The van der Waals surface area contributed by atoms with Crippen molar-refractivity contribution >= 4 is 17.4 Å². The Morgan fingerprint density at radius 1 is 1.00 bits per heavy atom. The summed E-state index contributed by atoms with van der Waals surface area (Å²) in [7, 11) is 5.48. The predicted octanol–water partition coefficient (Wildman–Crippen LogP) is 2.61. The highest BCUT2D eigenvalue weighted by atomic mass is 16.1. The molecule has 0 aliphatic carbocycles. The molecule has 0 aliphatic heterocycles. The van der Waals surface area contributed by atoms with E-state index in [9.17, 15) is 4.79 Å². The second-order valence-corrected chi connectivity index (χ2v) is 4.43. The molecule has 0 saturated carbocycles. The molecule has 0 atom stereocenters. The Balaban J connectivity index is 2.83.